The van der Waals surface area contributed by atoms with Gasteiger partial charge in [0.2, 0.25) is 0 Å². The molecule has 1 aromatic carbocycles. The van der Waals surface area contributed by atoms with Crippen molar-refractivity contribution < 1.29 is 9.18 Å². The maximum absolute atomic E-state index is 13.0. The van der Waals surface area contributed by atoms with E-state index in [1.165, 1.54) is 18.2 Å². The summed E-state index contributed by atoms with van der Waals surface area (Å²) in [5, 5.41) is 2.88. The van der Waals surface area contributed by atoms with Gasteiger partial charge in [-0.1, -0.05) is 12.8 Å². The molecule has 1 aromatic rings. The van der Waals surface area contributed by atoms with Gasteiger partial charge in [-0.25, -0.2) is 4.39 Å². The lowest BCUT2D eigenvalue weighted by Gasteiger charge is -2.12. The average Bonchev–Trinajstić information content (AvgIpc) is 2.74. The fraction of sp³-hybridized carbons (Fsp3) is 0.417. The monoisotopic (exact) mass is 222 g/mol. The highest BCUT2D eigenvalue weighted by Crippen LogP contribution is 2.19. The Labute approximate surface area is 93.8 Å². The highest BCUT2D eigenvalue weighted by Gasteiger charge is 2.19. The van der Waals surface area contributed by atoms with Gasteiger partial charge in [0.15, 0.2) is 0 Å². The quantitative estimate of drug-likeness (QED) is 0.753. The van der Waals surface area contributed by atoms with Crippen LogP contribution in [-0.4, -0.2) is 11.9 Å². The zero-order valence-electron chi connectivity index (χ0n) is 9.00. The summed E-state index contributed by atoms with van der Waals surface area (Å²) in [6.45, 7) is 0. The smallest absolute Gasteiger partial charge is 0.253 e. The molecule has 1 aliphatic rings. The molecule has 1 aliphatic carbocycles. The zero-order chi connectivity index (χ0) is 11.5. The Kier molecular flexibility index (Phi) is 3.08. The van der Waals surface area contributed by atoms with Gasteiger partial charge in [0.1, 0.15) is 5.82 Å². The summed E-state index contributed by atoms with van der Waals surface area (Å²) in [5.41, 5.74) is 6.18. The molecule has 0 heterocycles. The molecule has 0 aliphatic heterocycles. The van der Waals surface area contributed by atoms with Crippen LogP contribution in [0.5, 0.6) is 0 Å². The molecule has 1 saturated carbocycles. The van der Waals surface area contributed by atoms with E-state index >= 15 is 0 Å². The number of carbonyl (C=O) groups excluding carboxylic acids is 1. The van der Waals surface area contributed by atoms with Crippen LogP contribution in [0.3, 0.4) is 0 Å². The van der Waals surface area contributed by atoms with Crippen molar-refractivity contribution in [2.75, 3.05) is 5.73 Å². The second-order valence-electron chi connectivity index (χ2n) is 4.19. The summed E-state index contributed by atoms with van der Waals surface area (Å²) in [7, 11) is 0. The molecule has 16 heavy (non-hydrogen) atoms. The number of carbonyl (C=O) groups is 1. The lowest BCUT2D eigenvalue weighted by Crippen LogP contribution is -2.33. The van der Waals surface area contributed by atoms with Crippen molar-refractivity contribution in [3.05, 3.63) is 29.6 Å². The summed E-state index contributed by atoms with van der Waals surface area (Å²) in [5.74, 6) is -0.713. The van der Waals surface area contributed by atoms with Crippen LogP contribution in [0, 0.1) is 5.82 Å². The van der Waals surface area contributed by atoms with Crippen molar-refractivity contribution in [1.29, 1.82) is 0 Å². The third kappa shape index (κ3) is 2.32. The van der Waals surface area contributed by atoms with Gasteiger partial charge in [-0.05, 0) is 31.0 Å². The van der Waals surface area contributed by atoms with E-state index < -0.39 is 5.82 Å². The normalized spacial score (nSPS) is 16.3. The molecule has 0 bridgehead atoms. The molecule has 0 atom stereocenters. The molecular weight excluding hydrogens is 207 g/mol. The van der Waals surface area contributed by atoms with Gasteiger partial charge in [0, 0.05) is 11.7 Å². The highest BCUT2D eigenvalue weighted by atomic mass is 19.1. The first-order valence-corrected chi connectivity index (χ1v) is 5.52. The van der Waals surface area contributed by atoms with Crippen LogP contribution in [-0.2, 0) is 0 Å². The molecular formula is C12H15FN2O. The maximum Gasteiger partial charge on any atom is 0.253 e. The van der Waals surface area contributed by atoms with Crippen LogP contribution in [0.25, 0.3) is 0 Å². The van der Waals surface area contributed by atoms with Gasteiger partial charge in [0.25, 0.3) is 5.91 Å². The molecule has 0 spiro atoms. The number of nitrogen functional groups attached to an aromatic ring is 1. The Balaban J connectivity index is 2.10. The molecule has 1 amide bonds. The zero-order valence-corrected chi connectivity index (χ0v) is 9.00. The molecule has 4 heteroatoms. The molecule has 1 fully saturated rings. The number of anilines is 1. The van der Waals surface area contributed by atoms with Crippen molar-refractivity contribution in [3.8, 4) is 0 Å². The maximum atomic E-state index is 13.0. The van der Waals surface area contributed by atoms with Gasteiger partial charge >= 0.3 is 0 Å². The number of amides is 1. The van der Waals surface area contributed by atoms with Crippen LogP contribution in [0.1, 0.15) is 36.0 Å². The summed E-state index contributed by atoms with van der Waals surface area (Å²) < 4.78 is 13.0. The number of benzene rings is 1. The minimum Gasteiger partial charge on any atom is -0.398 e. The van der Waals surface area contributed by atoms with Crippen molar-refractivity contribution in [3.63, 3.8) is 0 Å². The Morgan fingerprint density at radius 3 is 2.75 bits per heavy atom. The summed E-state index contributed by atoms with van der Waals surface area (Å²) in [6.07, 6.45) is 4.29. The molecule has 3 nitrogen and oxygen atoms in total. The third-order valence-electron chi connectivity index (χ3n) is 2.95. The largest absolute Gasteiger partial charge is 0.398 e. The number of hydrogen-bond acceptors (Lipinski definition) is 2. The molecule has 3 N–H and O–H groups in total. The Morgan fingerprint density at radius 2 is 2.06 bits per heavy atom. The van der Waals surface area contributed by atoms with Gasteiger partial charge in [-0.3, -0.25) is 4.79 Å². The molecule has 86 valence electrons. The minimum absolute atomic E-state index is 0.218. The number of nitrogens with two attached hydrogens (primary N) is 1. The van der Waals surface area contributed by atoms with E-state index in [-0.39, 0.29) is 17.5 Å². The number of hydrogen-bond donors (Lipinski definition) is 2. The standard InChI is InChI=1S/C12H15FN2O/c13-8-5-6-11(14)10(7-8)12(16)15-9-3-1-2-4-9/h5-7,9H,1-4,14H2,(H,15,16). The van der Waals surface area contributed by atoms with Crippen LogP contribution < -0.4 is 11.1 Å². The first-order chi connectivity index (χ1) is 7.66. The first-order valence-electron chi connectivity index (χ1n) is 5.52. The molecule has 0 saturated heterocycles. The van der Waals surface area contributed by atoms with Gasteiger partial charge < -0.3 is 11.1 Å². The predicted molar refractivity (Wildman–Crippen MR) is 60.5 cm³/mol. The van der Waals surface area contributed by atoms with Gasteiger partial charge in [-0.2, -0.15) is 0 Å². The van der Waals surface area contributed by atoms with E-state index in [0.717, 1.165) is 25.7 Å². The van der Waals surface area contributed by atoms with Crippen LogP contribution in [0.2, 0.25) is 0 Å². The first kappa shape index (κ1) is 10.9. The summed E-state index contributed by atoms with van der Waals surface area (Å²) in [4.78, 5) is 11.8. The van der Waals surface area contributed by atoms with Crippen molar-refractivity contribution >= 4 is 11.6 Å². The van der Waals surface area contributed by atoms with Crippen LogP contribution >= 0.6 is 0 Å². The SMILES string of the molecule is Nc1ccc(F)cc1C(=O)NC1CCCC1. The second kappa shape index (κ2) is 4.51. The van der Waals surface area contributed by atoms with Crippen LogP contribution in [0.4, 0.5) is 10.1 Å². The van der Waals surface area contributed by atoms with E-state index in [1.54, 1.807) is 0 Å². The topological polar surface area (TPSA) is 55.1 Å². The summed E-state index contributed by atoms with van der Waals surface area (Å²) >= 11 is 0. The van der Waals surface area contributed by atoms with Crippen molar-refractivity contribution in [1.82, 2.24) is 5.32 Å². The van der Waals surface area contributed by atoms with E-state index in [0.29, 0.717) is 5.69 Å². The highest BCUT2D eigenvalue weighted by molar-refractivity contribution is 5.99. The number of halogens is 1. The molecule has 0 aromatic heterocycles. The third-order valence-corrected chi connectivity index (χ3v) is 2.95. The fourth-order valence-electron chi connectivity index (χ4n) is 2.06. The second-order valence-corrected chi connectivity index (χ2v) is 4.19. The number of nitrogens with one attached hydrogen (secondary N) is 1. The van der Waals surface area contributed by atoms with Crippen molar-refractivity contribution in [2.24, 2.45) is 0 Å². The van der Waals surface area contributed by atoms with Gasteiger partial charge in [-0.15, -0.1) is 0 Å². The number of rotatable bonds is 2. The molecule has 0 unspecified atom stereocenters. The average molecular weight is 222 g/mol. The van der Waals surface area contributed by atoms with E-state index in [9.17, 15) is 9.18 Å². The molecule has 0 radical (unpaired) electrons. The van der Waals surface area contributed by atoms with E-state index in [1.807, 2.05) is 0 Å². The Bertz CT molecular complexity index is 400. The fourth-order valence-corrected chi connectivity index (χ4v) is 2.06. The lowest BCUT2D eigenvalue weighted by atomic mass is 10.1. The lowest BCUT2D eigenvalue weighted by molar-refractivity contribution is 0.0938. The van der Waals surface area contributed by atoms with Crippen molar-refractivity contribution in [2.45, 2.75) is 31.7 Å². The van der Waals surface area contributed by atoms with Crippen LogP contribution in [0.15, 0.2) is 18.2 Å². The van der Waals surface area contributed by atoms with Gasteiger partial charge in [0.05, 0.1) is 5.56 Å². The van der Waals surface area contributed by atoms with E-state index in [4.69, 9.17) is 5.73 Å². The predicted octanol–water partition coefficient (Wildman–Crippen LogP) is 2.08. The summed E-state index contributed by atoms with van der Waals surface area (Å²) in [6, 6.07) is 4.07. The molecule has 2 rings (SSSR count). The van der Waals surface area contributed by atoms with E-state index in [2.05, 4.69) is 5.32 Å². The minimum atomic E-state index is -0.439. The Hall–Kier alpha value is -1.58. The Morgan fingerprint density at radius 1 is 1.38 bits per heavy atom.